The van der Waals surface area contributed by atoms with Crippen molar-refractivity contribution in [2.75, 3.05) is 39.5 Å². The van der Waals surface area contributed by atoms with Gasteiger partial charge in [-0.3, -0.25) is 4.68 Å². The van der Waals surface area contributed by atoms with Crippen molar-refractivity contribution in [2.24, 2.45) is 7.05 Å². The van der Waals surface area contributed by atoms with Crippen molar-refractivity contribution in [1.29, 1.82) is 0 Å². The molecule has 0 aliphatic carbocycles. The van der Waals surface area contributed by atoms with Crippen molar-refractivity contribution >= 4 is 0 Å². The molecule has 3 heterocycles. The molecule has 1 aromatic heterocycles. The third-order valence-electron chi connectivity index (χ3n) is 5.32. The second kappa shape index (κ2) is 7.68. The Hall–Kier alpha value is -1.69. The maximum Gasteiger partial charge on any atom is 0.0958 e. The zero-order valence-electron chi connectivity index (χ0n) is 15.0. The van der Waals surface area contributed by atoms with E-state index in [1.54, 1.807) is 0 Å². The fourth-order valence-corrected chi connectivity index (χ4v) is 3.91. The highest BCUT2D eigenvalue weighted by atomic mass is 16.6. The van der Waals surface area contributed by atoms with Crippen LogP contribution in [0, 0.1) is 0 Å². The van der Waals surface area contributed by atoms with Crippen LogP contribution in [0.4, 0.5) is 0 Å². The van der Waals surface area contributed by atoms with Gasteiger partial charge >= 0.3 is 0 Å². The number of fused-ring (bicyclic) bond motifs is 1. The zero-order chi connectivity index (χ0) is 17.1. The van der Waals surface area contributed by atoms with Gasteiger partial charge in [0.05, 0.1) is 31.6 Å². The first-order valence-electron chi connectivity index (χ1n) is 9.33. The lowest BCUT2D eigenvalue weighted by Gasteiger charge is -2.26. The van der Waals surface area contributed by atoms with Crippen LogP contribution in [0.3, 0.4) is 0 Å². The van der Waals surface area contributed by atoms with Crippen LogP contribution in [0.25, 0.3) is 11.3 Å². The van der Waals surface area contributed by atoms with Gasteiger partial charge in [0.25, 0.3) is 0 Å². The molecule has 0 spiro atoms. The SMILES string of the molecule is Cn1nc(-c2ccccc2)c2c1CCN(CCC1COCCO1)CC2. The van der Waals surface area contributed by atoms with Crippen molar-refractivity contribution in [1.82, 2.24) is 14.7 Å². The number of nitrogens with zero attached hydrogens (tertiary/aromatic N) is 3. The topological polar surface area (TPSA) is 39.5 Å². The number of ether oxygens (including phenoxy) is 2. The first kappa shape index (κ1) is 16.8. The molecule has 5 nitrogen and oxygen atoms in total. The second-order valence-electron chi connectivity index (χ2n) is 6.96. The number of hydrogen-bond donors (Lipinski definition) is 0. The molecule has 1 saturated heterocycles. The molecule has 2 aromatic rings. The normalized spacial score (nSPS) is 21.7. The van der Waals surface area contributed by atoms with Gasteiger partial charge in [0.1, 0.15) is 0 Å². The molecule has 0 amide bonds. The van der Waals surface area contributed by atoms with Crippen LogP contribution in [-0.4, -0.2) is 60.2 Å². The maximum absolute atomic E-state index is 5.78. The quantitative estimate of drug-likeness (QED) is 0.855. The minimum Gasteiger partial charge on any atom is -0.376 e. The zero-order valence-corrected chi connectivity index (χ0v) is 15.0. The molecular formula is C20H27N3O2. The summed E-state index contributed by atoms with van der Waals surface area (Å²) < 4.78 is 13.4. The van der Waals surface area contributed by atoms with E-state index in [0.29, 0.717) is 0 Å². The molecule has 134 valence electrons. The first-order chi connectivity index (χ1) is 12.3. The molecule has 0 radical (unpaired) electrons. The highest BCUT2D eigenvalue weighted by Gasteiger charge is 2.23. The Morgan fingerprint density at radius 2 is 1.96 bits per heavy atom. The summed E-state index contributed by atoms with van der Waals surface area (Å²) in [5, 5.41) is 4.81. The fourth-order valence-electron chi connectivity index (χ4n) is 3.91. The maximum atomic E-state index is 5.78. The summed E-state index contributed by atoms with van der Waals surface area (Å²) in [6.07, 6.45) is 3.45. The molecule has 0 N–H and O–H groups in total. The largest absolute Gasteiger partial charge is 0.376 e. The lowest BCUT2D eigenvalue weighted by atomic mass is 10.0. The molecule has 1 fully saturated rings. The molecule has 2 aliphatic heterocycles. The van der Waals surface area contributed by atoms with Crippen molar-refractivity contribution < 1.29 is 9.47 Å². The molecule has 25 heavy (non-hydrogen) atoms. The van der Waals surface area contributed by atoms with Crippen LogP contribution >= 0.6 is 0 Å². The molecular weight excluding hydrogens is 314 g/mol. The number of aryl methyl sites for hydroxylation is 1. The number of aromatic nitrogens is 2. The van der Waals surface area contributed by atoms with Crippen LogP contribution in [0.5, 0.6) is 0 Å². The average Bonchev–Trinajstić information content (AvgIpc) is 2.84. The summed E-state index contributed by atoms with van der Waals surface area (Å²) in [5.74, 6) is 0. The number of rotatable bonds is 4. The van der Waals surface area contributed by atoms with E-state index in [9.17, 15) is 0 Å². The average molecular weight is 341 g/mol. The van der Waals surface area contributed by atoms with Crippen LogP contribution in [0.1, 0.15) is 17.7 Å². The second-order valence-corrected chi connectivity index (χ2v) is 6.96. The summed E-state index contributed by atoms with van der Waals surface area (Å²) in [5.41, 5.74) is 5.19. The Labute approximate surface area is 149 Å². The first-order valence-corrected chi connectivity index (χ1v) is 9.33. The van der Waals surface area contributed by atoms with E-state index in [1.807, 2.05) is 0 Å². The lowest BCUT2D eigenvalue weighted by molar-refractivity contribution is -0.0926. The minimum atomic E-state index is 0.265. The van der Waals surface area contributed by atoms with Gasteiger partial charge in [0.2, 0.25) is 0 Å². The minimum absolute atomic E-state index is 0.265. The molecule has 1 unspecified atom stereocenters. The summed E-state index contributed by atoms with van der Waals surface area (Å²) >= 11 is 0. The standard InChI is InChI=1S/C20H27N3O2/c1-22-19-9-12-23(10-7-17-15-24-13-14-25-17)11-8-18(19)20(21-22)16-5-3-2-4-6-16/h2-6,17H,7-15H2,1H3. The fraction of sp³-hybridized carbons (Fsp3) is 0.550. The van der Waals surface area contributed by atoms with Crippen LogP contribution in [0.15, 0.2) is 30.3 Å². The molecule has 5 heteroatoms. The Balaban J connectivity index is 1.43. The Bertz CT molecular complexity index is 692. The van der Waals surface area contributed by atoms with Gasteiger partial charge in [-0.1, -0.05) is 30.3 Å². The Morgan fingerprint density at radius 1 is 1.12 bits per heavy atom. The van der Waals surface area contributed by atoms with Crippen LogP contribution in [-0.2, 0) is 29.4 Å². The van der Waals surface area contributed by atoms with Gasteiger partial charge < -0.3 is 14.4 Å². The van der Waals surface area contributed by atoms with E-state index < -0.39 is 0 Å². The third kappa shape index (κ3) is 3.78. The highest BCUT2D eigenvalue weighted by Crippen LogP contribution is 2.28. The van der Waals surface area contributed by atoms with E-state index in [0.717, 1.165) is 64.4 Å². The van der Waals surface area contributed by atoms with Gasteiger partial charge in [-0.2, -0.15) is 5.10 Å². The third-order valence-corrected chi connectivity index (χ3v) is 5.32. The predicted octanol–water partition coefficient (Wildman–Crippen LogP) is 2.29. The molecule has 1 atom stereocenters. The van der Waals surface area contributed by atoms with Gasteiger partial charge in [-0.05, 0) is 12.8 Å². The predicted molar refractivity (Wildman–Crippen MR) is 97.7 cm³/mol. The van der Waals surface area contributed by atoms with Gasteiger partial charge in [0, 0.05) is 49.9 Å². The van der Waals surface area contributed by atoms with E-state index >= 15 is 0 Å². The lowest BCUT2D eigenvalue weighted by Crippen LogP contribution is -2.34. The van der Waals surface area contributed by atoms with Crippen molar-refractivity contribution in [2.45, 2.75) is 25.4 Å². The van der Waals surface area contributed by atoms with Crippen LogP contribution < -0.4 is 0 Å². The Kier molecular flexibility index (Phi) is 5.15. The molecule has 1 aromatic carbocycles. The molecule has 2 aliphatic rings. The van der Waals surface area contributed by atoms with Crippen molar-refractivity contribution in [3.8, 4) is 11.3 Å². The highest BCUT2D eigenvalue weighted by molar-refractivity contribution is 5.64. The van der Waals surface area contributed by atoms with Crippen molar-refractivity contribution in [3.05, 3.63) is 41.6 Å². The van der Waals surface area contributed by atoms with Crippen molar-refractivity contribution in [3.63, 3.8) is 0 Å². The van der Waals surface area contributed by atoms with E-state index in [-0.39, 0.29) is 6.10 Å². The van der Waals surface area contributed by atoms with Gasteiger partial charge in [-0.15, -0.1) is 0 Å². The number of benzene rings is 1. The summed E-state index contributed by atoms with van der Waals surface area (Å²) in [7, 11) is 2.08. The molecule has 0 saturated carbocycles. The summed E-state index contributed by atoms with van der Waals surface area (Å²) in [4.78, 5) is 2.56. The van der Waals surface area contributed by atoms with Gasteiger partial charge in [0.15, 0.2) is 0 Å². The van der Waals surface area contributed by atoms with E-state index in [4.69, 9.17) is 14.6 Å². The number of hydrogen-bond acceptors (Lipinski definition) is 4. The van der Waals surface area contributed by atoms with E-state index in [1.165, 1.54) is 16.8 Å². The molecule has 4 rings (SSSR count). The Morgan fingerprint density at radius 3 is 2.76 bits per heavy atom. The smallest absolute Gasteiger partial charge is 0.0958 e. The van der Waals surface area contributed by atoms with Crippen LogP contribution in [0.2, 0.25) is 0 Å². The molecule has 0 bridgehead atoms. The summed E-state index contributed by atoms with van der Waals surface area (Å²) in [6.45, 7) is 5.49. The monoisotopic (exact) mass is 341 g/mol. The summed E-state index contributed by atoms with van der Waals surface area (Å²) in [6, 6.07) is 10.6. The van der Waals surface area contributed by atoms with E-state index in [2.05, 4.69) is 47.0 Å². The van der Waals surface area contributed by atoms with Gasteiger partial charge in [-0.25, -0.2) is 0 Å².